The van der Waals surface area contributed by atoms with Crippen LogP contribution < -0.4 is 0 Å². The molecule has 2 aromatic carbocycles. The Balaban J connectivity index is 2.38. The van der Waals surface area contributed by atoms with Gasteiger partial charge in [-0.05, 0) is 43.4 Å². The lowest BCUT2D eigenvalue weighted by atomic mass is 9.83. The molecular weight excluding hydrogens is 380 g/mol. The molecule has 1 unspecified atom stereocenters. The van der Waals surface area contributed by atoms with Crippen LogP contribution in [0.15, 0.2) is 70.0 Å². The van der Waals surface area contributed by atoms with E-state index < -0.39 is 0 Å². The number of carbonyl (C=O) groups excluding carboxylic acids is 1. The van der Waals surface area contributed by atoms with Crippen LogP contribution in [-0.4, -0.2) is 17.3 Å². The maximum Gasteiger partial charge on any atom is 0.161 e. The van der Waals surface area contributed by atoms with Gasteiger partial charge < -0.3 is 0 Å². The lowest BCUT2D eigenvalue weighted by Gasteiger charge is -2.32. The van der Waals surface area contributed by atoms with Crippen LogP contribution in [0.25, 0.3) is 5.57 Å². The van der Waals surface area contributed by atoms with Gasteiger partial charge in [-0.15, -0.1) is 23.5 Å². The van der Waals surface area contributed by atoms with Crippen molar-refractivity contribution in [3.8, 4) is 0 Å². The number of thioether (sulfide) groups is 2. The molecule has 28 heavy (non-hydrogen) atoms. The Bertz CT molecular complexity index is 923. The van der Waals surface area contributed by atoms with Crippen molar-refractivity contribution >= 4 is 34.9 Å². The van der Waals surface area contributed by atoms with Crippen LogP contribution in [0.2, 0.25) is 0 Å². The summed E-state index contributed by atoms with van der Waals surface area (Å²) in [5.41, 5.74) is 5.36. The van der Waals surface area contributed by atoms with Crippen molar-refractivity contribution in [1.29, 1.82) is 0 Å². The highest BCUT2D eigenvalue weighted by Crippen LogP contribution is 2.59. The summed E-state index contributed by atoms with van der Waals surface area (Å²) in [6.07, 6.45) is 0. The van der Waals surface area contributed by atoms with Gasteiger partial charge >= 0.3 is 0 Å². The molecule has 1 aliphatic carbocycles. The third-order valence-corrected chi connectivity index (χ3v) is 7.61. The van der Waals surface area contributed by atoms with Crippen LogP contribution in [0.4, 0.5) is 0 Å². The minimum absolute atomic E-state index is 0.153. The van der Waals surface area contributed by atoms with E-state index >= 15 is 0 Å². The molecular formula is C25H28OS2. The molecule has 2 aromatic rings. The molecule has 0 aliphatic heterocycles. The SMILES string of the molecule is CCSC1=C(C(C)=O)C(c2ccc(C)cc2)=C(SCC)C1(C)c1ccccc1. The average molecular weight is 409 g/mol. The first-order valence-electron chi connectivity index (χ1n) is 9.84. The molecule has 3 rings (SSSR count). The van der Waals surface area contributed by atoms with Gasteiger partial charge in [-0.1, -0.05) is 74.0 Å². The lowest BCUT2D eigenvalue weighted by Crippen LogP contribution is -2.23. The predicted molar refractivity (Wildman–Crippen MR) is 126 cm³/mol. The van der Waals surface area contributed by atoms with Gasteiger partial charge in [0, 0.05) is 21.0 Å². The molecule has 0 radical (unpaired) electrons. The molecule has 146 valence electrons. The average Bonchev–Trinajstić information content (AvgIpc) is 2.94. The summed E-state index contributed by atoms with van der Waals surface area (Å²) in [6.45, 7) is 10.5. The van der Waals surface area contributed by atoms with Gasteiger partial charge in [0.25, 0.3) is 0 Å². The third-order valence-electron chi connectivity index (χ3n) is 5.23. The molecule has 1 aliphatic rings. The zero-order valence-corrected chi connectivity index (χ0v) is 19.0. The normalized spacial score (nSPS) is 19.5. The zero-order chi connectivity index (χ0) is 20.3. The minimum atomic E-state index is -0.288. The Labute approximate surface area is 177 Å². The second-order valence-electron chi connectivity index (χ2n) is 7.19. The largest absolute Gasteiger partial charge is 0.294 e. The van der Waals surface area contributed by atoms with E-state index in [0.717, 1.165) is 28.2 Å². The Hall–Kier alpha value is -1.71. The Kier molecular flexibility index (Phi) is 6.57. The molecule has 0 heterocycles. The lowest BCUT2D eigenvalue weighted by molar-refractivity contribution is -0.113. The van der Waals surface area contributed by atoms with E-state index in [-0.39, 0.29) is 11.2 Å². The van der Waals surface area contributed by atoms with Crippen molar-refractivity contribution in [1.82, 2.24) is 0 Å². The summed E-state index contributed by atoms with van der Waals surface area (Å²) < 4.78 is 0. The van der Waals surface area contributed by atoms with Crippen LogP contribution in [0, 0.1) is 6.92 Å². The van der Waals surface area contributed by atoms with Gasteiger partial charge in [-0.2, -0.15) is 0 Å². The fraction of sp³-hybridized carbons (Fsp3) is 0.320. The van der Waals surface area contributed by atoms with Crippen LogP contribution in [0.1, 0.15) is 44.4 Å². The van der Waals surface area contributed by atoms with Crippen molar-refractivity contribution in [3.63, 3.8) is 0 Å². The van der Waals surface area contributed by atoms with Gasteiger partial charge in [0.15, 0.2) is 5.78 Å². The Morgan fingerprint density at radius 2 is 1.46 bits per heavy atom. The standard InChI is InChI=1S/C25H28OS2/c1-6-27-23-21(18(4)26)22(19-15-13-17(3)14-16-19)24(28-7-2)25(23,5)20-11-9-8-10-12-20/h8-16H,6-7H2,1-5H3. The van der Waals surface area contributed by atoms with E-state index in [1.807, 2.05) is 23.5 Å². The molecule has 0 spiro atoms. The highest BCUT2D eigenvalue weighted by molar-refractivity contribution is 8.04. The van der Waals surface area contributed by atoms with Crippen LogP contribution in [0.5, 0.6) is 0 Å². The molecule has 0 saturated heterocycles. The van der Waals surface area contributed by atoms with Crippen molar-refractivity contribution in [2.24, 2.45) is 0 Å². The van der Waals surface area contributed by atoms with Gasteiger partial charge in [0.1, 0.15) is 0 Å². The first kappa shape index (κ1) is 21.0. The van der Waals surface area contributed by atoms with Gasteiger partial charge in [-0.25, -0.2) is 0 Å². The highest BCUT2D eigenvalue weighted by atomic mass is 32.2. The number of Topliss-reactive ketones (excluding diaryl/α,β-unsaturated/α-hetero) is 1. The second kappa shape index (κ2) is 8.75. The Morgan fingerprint density at radius 1 is 0.893 bits per heavy atom. The summed E-state index contributed by atoms with van der Waals surface area (Å²) in [7, 11) is 0. The second-order valence-corrected chi connectivity index (χ2v) is 9.74. The van der Waals surface area contributed by atoms with E-state index in [2.05, 4.69) is 82.3 Å². The van der Waals surface area contributed by atoms with Gasteiger partial charge in [0.2, 0.25) is 0 Å². The smallest absolute Gasteiger partial charge is 0.161 e. The minimum Gasteiger partial charge on any atom is -0.294 e. The molecule has 0 amide bonds. The molecule has 0 bridgehead atoms. The highest BCUT2D eigenvalue weighted by Gasteiger charge is 2.46. The van der Waals surface area contributed by atoms with Gasteiger partial charge in [0.05, 0.1) is 5.41 Å². The number of allylic oxidation sites excluding steroid dienone is 4. The van der Waals surface area contributed by atoms with E-state index in [0.29, 0.717) is 0 Å². The number of hydrogen-bond donors (Lipinski definition) is 0. The van der Waals surface area contributed by atoms with Crippen molar-refractivity contribution in [2.75, 3.05) is 11.5 Å². The summed E-state index contributed by atoms with van der Waals surface area (Å²) in [4.78, 5) is 15.4. The maximum absolute atomic E-state index is 12.9. The summed E-state index contributed by atoms with van der Waals surface area (Å²) >= 11 is 3.68. The predicted octanol–water partition coefficient (Wildman–Crippen LogP) is 7.03. The maximum atomic E-state index is 12.9. The van der Waals surface area contributed by atoms with E-state index in [9.17, 15) is 4.79 Å². The van der Waals surface area contributed by atoms with Crippen molar-refractivity contribution in [3.05, 3.63) is 86.7 Å². The Morgan fingerprint density at radius 3 is 2.00 bits per heavy atom. The first-order chi connectivity index (χ1) is 13.4. The number of ketones is 1. The number of aryl methyl sites for hydroxylation is 1. The van der Waals surface area contributed by atoms with E-state index in [1.165, 1.54) is 20.9 Å². The van der Waals surface area contributed by atoms with Crippen LogP contribution in [0.3, 0.4) is 0 Å². The molecule has 0 N–H and O–H groups in total. The zero-order valence-electron chi connectivity index (χ0n) is 17.3. The molecule has 1 nitrogen and oxygen atoms in total. The molecule has 3 heteroatoms. The number of hydrogen-bond acceptors (Lipinski definition) is 3. The van der Waals surface area contributed by atoms with Crippen molar-refractivity contribution < 1.29 is 4.79 Å². The number of benzene rings is 2. The molecule has 1 atom stereocenters. The topological polar surface area (TPSA) is 17.1 Å². The fourth-order valence-electron chi connectivity index (χ4n) is 3.92. The first-order valence-corrected chi connectivity index (χ1v) is 11.8. The molecule has 0 aromatic heterocycles. The monoisotopic (exact) mass is 408 g/mol. The van der Waals surface area contributed by atoms with E-state index in [1.54, 1.807) is 6.92 Å². The summed E-state index contributed by atoms with van der Waals surface area (Å²) in [5.74, 6) is 2.07. The summed E-state index contributed by atoms with van der Waals surface area (Å²) in [6, 6.07) is 19.2. The quantitative estimate of drug-likeness (QED) is 0.490. The van der Waals surface area contributed by atoms with Crippen LogP contribution >= 0.6 is 23.5 Å². The number of rotatable bonds is 7. The van der Waals surface area contributed by atoms with Crippen LogP contribution in [-0.2, 0) is 10.2 Å². The molecule has 0 saturated carbocycles. The summed E-state index contributed by atoms with van der Waals surface area (Å²) in [5, 5.41) is 0. The number of carbonyl (C=O) groups is 1. The molecule has 0 fully saturated rings. The van der Waals surface area contributed by atoms with E-state index in [4.69, 9.17) is 0 Å². The third kappa shape index (κ3) is 3.62. The van der Waals surface area contributed by atoms with Crippen molar-refractivity contribution in [2.45, 2.75) is 40.0 Å². The van der Waals surface area contributed by atoms with Gasteiger partial charge in [-0.3, -0.25) is 4.79 Å². The fourth-order valence-corrected chi connectivity index (χ4v) is 6.33.